The standard InChI is InChI=1S/C10H22N2O3/c1-8(5-11-2)10(13)12-6-9(15-4)7-14-3/h8-9,11H,5-7H2,1-4H3,(H,12,13). The van der Waals surface area contributed by atoms with Crippen LogP contribution < -0.4 is 10.6 Å². The van der Waals surface area contributed by atoms with Crippen LogP contribution in [-0.4, -0.2) is 53.0 Å². The normalized spacial score (nSPS) is 14.7. The van der Waals surface area contributed by atoms with Crippen molar-refractivity contribution in [1.29, 1.82) is 0 Å². The molecule has 0 aromatic heterocycles. The lowest BCUT2D eigenvalue weighted by molar-refractivity contribution is -0.125. The van der Waals surface area contributed by atoms with E-state index in [0.29, 0.717) is 19.7 Å². The number of methoxy groups -OCH3 is 2. The third-order valence-corrected chi connectivity index (χ3v) is 2.15. The third kappa shape index (κ3) is 6.43. The highest BCUT2D eigenvalue weighted by atomic mass is 16.5. The first-order valence-electron chi connectivity index (χ1n) is 5.09. The maximum absolute atomic E-state index is 11.5. The lowest BCUT2D eigenvalue weighted by atomic mass is 10.1. The molecule has 0 rings (SSSR count). The minimum absolute atomic E-state index is 0.0301. The molecule has 0 aliphatic carbocycles. The Hall–Kier alpha value is -0.650. The highest BCUT2D eigenvalue weighted by molar-refractivity contribution is 5.78. The monoisotopic (exact) mass is 218 g/mol. The van der Waals surface area contributed by atoms with Gasteiger partial charge >= 0.3 is 0 Å². The first-order chi connectivity index (χ1) is 7.15. The van der Waals surface area contributed by atoms with Gasteiger partial charge < -0.3 is 20.1 Å². The van der Waals surface area contributed by atoms with E-state index < -0.39 is 0 Å². The van der Waals surface area contributed by atoms with Crippen LogP contribution in [0.5, 0.6) is 0 Å². The van der Waals surface area contributed by atoms with Gasteiger partial charge in [-0.2, -0.15) is 0 Å². The Morgan fingerprint density at radius 2 is 2.00 bits per heavy atom. The molecule has 0 fully saturated rings. The van der Waals surface area contributed by atoms with E-state index >= 15 is 0 Å². The lowest BCUT2D eigenvalue weighted by Crippen LogP contribution is -2.40. The van der Waals surface area contributed by atoms with Crippen LogP contribution in [0.2, 0.25) is 0 Å². The van der Waals surface area contributed by atoms with Gasteiger partial charge in [0.15, 0.2) is 0 Å². The lowest BCUT2D eigenvalue weighted by Gasteiger charge is -2.17. The van der Waals surface area contributed by atoms with Crippen molar-refractivity contribution in [3.63, 3.8) is 0 Å². The van der Waals surface area contributed by atoms with Crippen LogP contribution in [-0.2, 0) is 14.3 Å². The van der Waals surface area contributed by atoms with Crippen LogP contribution in [0.25, 0.3) is 0 Å². The van der Waals surface area contributed by atoms with E-state index in [1.165, 1.54) is 0 Å². The molecule has 0 heterocycles. The summed E-state index contributed by atoms with van der Waals surface area (Å²) >= 11 is 0. The predicted molar refractivity (Wildman–Crippen MR) is 58.8 cm³/mol. The molecule has 5 heteroatoms. The van der Waals surface area contributed by atoms with Crippen molar-refractivity contribution in [2.45, 2.75) is 13.0 Å². The number of carbonyl (C=O) groups excluding carboxylic acids is 1. The molecule has 15 heavy (non-hydrogen) atoms. The summed E-state index contributed by atoms with van der Waals surface area (Å²) in [5.41, 5.74) is 0. The minimum Gasteiger partial charge on any atom is -0.382 e. The van der Waals surface area contributed by atoms with Gasteiger partial charge in [0.05, 0.1) is 12.7 Å². The molecule has 0 aliphatic rings. The van der Waals surface area contributed by atoms with Gasteiger partial charge in [-0.25, -0.2) is 0 Å². The molecular weight excluding hydrogens is 196 g/mol. The third-order valence-electron chi connectivity index (χ3n) is 2.15. The van der Waals surface area contributed by atoms with Crippen LogP contribution in [0.4, 0.5) is 0 Å². The van der Waals surface area contributed by atoms with Gasteiger partial charge in [0, 0.05) is 33.2 Å². The van der Waals surface area contributed by atoms with E-state index in [1.807, 2.05) is 14.0 Å². The van der Waals surface area contributed by atoms with Crippen LogP contribution >= 0.6 is 0 Å². The van der Waals surface area contributed by atoms with Gasteiger partial charge in [-0.3, -0.25) is 4.79 Å². The summed E-state index contributed by atoms with van der Waals surface area (Å²) in [6, 6.07) is 0. The van der Waals surface area contributed by atoms with Crippen molar-refractivity contribution in [3.05, 3.63) is 0 Å². The average Bonchev–Trinajstić information content (AvgIpc) is 2.24. The Balaban J connectivity index is 3.76. The number of ether oxygens (including phenoxy) is 2. The van der Waals surface area contributed by atoms with E-state index in [0.717, 1.165) is 0 Å². The molecule has 1 amide bonds. The summed E-state index contributed by atoms with van der Waals surface area (Å²) in [4.78, 5) is 11.5. The average molecular weight is 218 g/mol. The number of hydrogen-bond acceptors (Lipinski definition) is 4. The molecule has 0 aliphatic heterocycles. The van der Waals surface area contributed by atoms with Gasteiger partial charge in [0.25, 0.3) is 0 Å². The maximum atomic E-state index is 11.5. The van der Waals surface area contributed by atoms with Crippen LogP contribution in [0.3, 0.4) is 0 Å². The Morgan fingerprint density at radius 1 is 1.33 bits per heavy atom. The second kappa shape index (κ2) is 8.64. The first-order valence-corrected chi connectivity index (χ1v) is 5.09. The van der Waals surface area contributed by atoms with Crippen molar-refractivity contribution >= 4 is 5.91 Å². The highest BCUT2D eigenvalue weighted by Gasteiger charge is 2.13. The fourth-order valence-corrected chi connectivity index (χ4v) is 1.18. The van der Waals surface area contributed by atoms with E-state index in [-0.39, 0.29) is 17.9 Å². The summed E-state index contributed by atoms with van der Waals surface area (Å²) in [5, 5.41) is 5.78. The quantitative estimate of drug-likeness (QED) is 0.583. The van der Waals surface area contributed by atoms with Gasteiger partial charge in [-0.05, 0) is 7.05 Å². The largest absolute Gasteiger partial charge is 0.382 e. The van der Waals surface area contributed by atoms with Gasteiger partial charge in [-0.15, -0.1) is 0 Å². The molecule has 0 aromatic carbocycles. The fourth-order valence-electron chi connectivity index (χ4n) is 1.18. The molecule has 2 atom stereocenters. The summed E-state index contributed by atoms with van der Waals surface area (Å²) in [6.45, 7) is 3.52. The zero-order valence-electron chi connectivity index (χ0n) is 10.0. The number of carbonyl (C=O) groups is 1. The Labute approximate surface area is 91.5 Å². The van der Waals surface area contributed by atoms with Crippen molar-refractivity contribution in [3.8, 4) is 0 Å². The SMILES string of the molecule is CNCC(C)C(=O)NCC(COC)OC. The first kappa shape index (κ1) is 14.3. The van der Waals surface area contributed by atoms with E-state index in [2.05, 4.69) is 10.6 Å². The van der Waals surface area contributed by atoms with E-state index in [4.69, 9.17) is 9.47 Å². The number of nitrogens with one attached hydrogen (secondary N) is 2. The zero-order chi connectivity index (χ0) is 11.7. The second-order valence-corrected chi connectivity index (χ2v) is 3.52. The van der Waals surface area contributed by atoms with Gasteiger partial charge in [0.2, 0.25) is 5.91 Å². The minimum atomic E-state index is -0.0827. The van der Waals surface area contributed by atoms with Crippen molar-refractivity contribution in [2.75, 3.05) is 41.0 Å². The summed E-state index contributed by atoms with van der Waals surface area (Å²) in [7, 11) is 5.04. The summed E-state index contributed by atoms with van der Waals surface area (Å²) < 4.78 is 10.1. The summed E-state index contributed by atoms with van der Waals surface area (Å²) in [6.07, 6.45) is -0.0827. The molecule has 0 bridgehead atoms. The molecule has 90 valence electrons. The highest BCUT2D eigenvalue weighted by Crippen LogP contribution is 1.94. The van der Waals surface area contributed by atoms with Crippen LogP contribution in [0.1, 0.15) is 6.92 Å². The van der Waals surface area contributed by atoms with Crippen LogP contribution in [0.15, 0.2) is 0 Å². The van der Waals surface area contributed by atoms with E-state index in [9.17, 15) is 4.79 Å². The van der Waals surface area contributed by atoms with Gasteiger partial charge in [0.1, 0.15) is 0 Å². The summed E-state index contributed by atoms with van der Waals surface area (Å²) in [5.74, 6) is -0.00226. The Kier molecular flexibility index (Phi) is 8.27. The number of amides is 1. The Morgan fingerprint density at radius 3 is 2.47 bits per heavy atom. The Bertz CT molecular complexity index is 176. The molecule has 2 N–H and O–H groups in total. The molecule has 0 saturated heterocycles. The van der Waals surface area contributed by atoms with Gasteiger partial charge in [-0.1, -0.05) is 6.92 Å². The number of hydrogen-bond donors (Lipinski definition) is 2. The van der Waals surface area contributed by atoms with Crippen LogP contribution in [0, 0.1) is 5.92 Å². The number of rotatable bonds is 8. The topological polar surface area (TPSA) is 59.6 Å². The van der Waals surface area contributed by atoms with Crippen molar-refractivity contribution < 1.29 is 14.3 Å². The molecule has 0 aromatic rings. The molecule has 0 radical (unpaired) electrons. The smallest absolute Gasteiger partial charge is 0.224 e. The molecule has 5 nitrogen and oxygen atoms in total. The van der Waals surface area contributed by atoms with Crippen molar-refractivity contribution in [1.82, 2.24) is 10.6 Å². The molecule has 0 saturated carbocycles. The zero-order valence-corrected chi connectivity index (χ0v) is 10.0. The van der Waals surface area contributed by atoms with Crippen molar-refractivity contribution in [2.24, 2.45) is 5.92 Å². The second-order valence-electron chi connectivity index (χ2n) is 3.52. The molecule has 2 unspecified atom stereocenters. The molecular formula is C10H22N2O3. The van der Waals surface area contributed by atoms with E-state index in [1.54, 1.807) is 14.2 Å². The predicted octanol–water partition coefficient (Wildman–Crippen LogP) is -0.380. The molecule has 0 spiro atoms. The fraction of sp³-hybridized carbons (Fsp3) is 0.900. The maximum Gasteiger partial charge on any atom is 0.224 e.